The molecule has 2 N–H and O–H groups in total. The van der Waals surface area contributed by atoms with Gasteiger partial charge in [0.15, 0.2) is 0 Å². The van der Waals surface area contributed by atoms with Crippen LogP contribution in [0.5, 0.6) is 0 Å². The first-order valence-corrected chi connectivity index (χ1v) is 31.1. The van der Waals surface area contributed by atoms with Crippen molar-refractivity contribution in [2.75, 3.05) is 40.9 Å². The molecule has 0 aliphatic rings. The third-order valence-corrected chi connectivity index (χ3v) is 13.9. The van der Waals surface area contributed by atoms with Gasteiger partial charge in [0.25, 0.3) is 0 Å². The van der Waals surface area contributed by atoms with Crippen molar-refractivity contribution in [3.05, 3.63) is 60.8 Å². The van der Waals surface area contributed by atoms with E-state index in [9.17, 15) is 19.0 Å². The average Bonchev–Trinajstić information content (AvgIpc) is 3.33. The molecule has 3 atom stereocenters. The molecule has 0 aliphatic heterocycles. The van der Waals surface area contributed by atoms with E-state index < -0.39 is 20.0 Å². The number of nitrogens with one attached hydrogen (secondary N) is 1. The zero-order valence-corrected chi connectivity index (χ0v) is 48.1. The third-order valence-electron chi connectivity index (χ3n) is 12.9. The molecular weight excluding hydrogens is 904 g/mol. The number of carbonyl (C=O) groups is 2. The van der Waals surface area contributed by atoms with E-state index in [1.807, 2.05) is 33.3 Å². The van der Waals surface area contributed by atoms with Crippen LogP contribution in [-0.2, 0) is 27.9 Å². The van der Waals surface area contributed by atoms with Gasteiger partial charge in [-0.05, 0) is 96.0 Å². The summed E-state index contributed by atoms with van der Waals surface area (Å²) in [6.45, 7) is 6.96. The van der Waals surface area contributed by atoms with Crippen molar-refractivity contribution in [2.45, 2.75) is 277 Å². The molecule has 0 aromatic carbocycles. The van der Waals surface area contributed by atoms with Crippen LogP contribution in [0.15, 0.2) is 60.8 Å². The van der Waals surface area contributed by atoms with Gasteiger partial charge in [-0.1, -0.05) is 217 Å². The smallest absolute Gasteiger partial charge is 0.456 e. The van der Waals surface area contributed by atoms with Crippen molar-refractivity contribution in [3.8, 4) is 0 Å². The van der Waals surface area contributed by atoms with Crippen LogP contribution in [0.3, 0.4) is 0 Å². The van der Waals surface area contributed by atoms with E-state index >= 15 is 0 Å². The van der Waals surface area contributed by atoms with Gasteiger partial charge in [0.1, 0.15) is 19.3 Å². The number of likely N-dealkylation sites (N-methyl/N-ethyl adjacent to an activating group) is 1. The van der Waals surface area contributed by atoms with Crippen LogP contribution < -0.4 is 5.32 Å². The van der Waals surface area contributed by atoms with Crippen molar-refractivity contribution >= 4 is 19.7 Å². The molecule has 0 saturated heterocycles. The highest BCUT2D eigenvalue weighted by molar-refractivity contribution is 7.47. The minimum Gasteiger partial charge on any atom is -0.456 e. The van der Waals surface area contributed by atoms with Crippen molar-refractivity contribution in [3.63, 3.8) is 0 Å². The Bertz CT molecular complexity index is 1400. The summed E-state index contributed by atoms with van der Waals surface area (Å²) in [5.74, 6) is -0.537. The van der Waals surface area contributed by atoms with Gasteiger partial charge in [-0.25, -0.2) is 4.57 Å². The van der Waals surface area contributed by atoms with E-state index in [1.165, 1.54) is 128 Å². The first kappa shape index (κ1) is 68.7. The highest BCUT2D eigenvalue weighted by Gasteiger charge is 2.30. The van der Waals surface area contributed by atoms with Gasteiger partial charge in [0, 0.05) is 12.8 Å². The zero-order chi connectivity index (χ0) is 52.2. The molecule has 0 fully saturated rings. The van der Waals surface area contributed by atoms with Crippen LogP contribution in [-0.4, -0.2) is 74.3 Å². The second kappa shape index (κ2) is 51.2. The molecule has 9 nitrogen and oxygen atoms in total. The lowest BCUT2D eigenvalue weighted by Crippen LogP contribution is -2.47. The molecule has 10 heteroatoms. The number of hydrogen-bond donors (Lipinski definition) is 2. The Balaban J connectivity index is 5.38. The Hall–Kier alpha value is -2.29. The SMILES string of the molecule is CCCCC/C=C\C/C=C\C/C=C\CCCCCCC(=O)OC(/C=C/CCCCCCCCCCCC)C(COP(=O)(O)OCC[N+](C)(C)C)NC(=O)CCCCCCC/C=C/CCCCCCCCC. The van der Waals surface area contributed by atoms with Crippen LogP contribution in [0.1, 0.15) is 265 Å². The van der Waals surface area contributed by atoms with Gasteiger partial charge in [-0.15, -0.1) is 0 Å². The fourth-order valence-corrected chi connectivity index (χ4v) is 9.03. The monoisotopic (exact) mass is 1020 g/mol. The summed E-state index contributed by atoms with van der Waals surface area (Å²) in [6, 6.07) is -0.862. The lowest BCUT2D eigenvalue weighted by Gasteiger charge is -2.27. The van der Waals surface area contributed by atoms with Gasteiger partial charge >= 0.3 is 13.8 Å². The number of quaternary nitrogens is 1. The van der Waals surface area contributed by atoms with E-state index in [0.29, 0.717) is 23.9 Å². The molecule has 0 bridgehead atoms. The summed E-state index contributed by atoms with van der Waals surface area (Å²) in [5, 5.41) is 3.04. The van der Waals surface area contributed by atoms with Crippen molar-refractivity contribution < 1.29 is 37.3 Å². The van der Waals surface area contributed by atoms with E-state index in [4.69, 9.17) is 13.8 Å². The van der Waals surface area contributed by atoms with Crippen LogP contribution in [0, 0.1) is 0 Å². The third kappa shape index (κ3) is 52.4. The summed E-state index contributed by atoms with van der Waals surface area (Å²) in [7, 11) is 1.48. The molecule has 0 aliphatic carbocycles. The molecule has 3 unspecified atom stereocenters. The Labute approximate surface area is 439 Å². The van der Waals surface area contributed by atoms with Crippen LogP contribution in [0.4, 0.5) is 0 Å². The molecule has 0 saturated carbocycles. The van der Waals surface area contributed by atoms with Gasteiger partial charge in [0.05, 0.1) is 33.8 Å². The molecule has 414 valence electrons. The summed E-state index contributed by atoms with van der Waals surface area (Å²) < 4.78 is 30.6. The number of unbranched alkanes of at least 4 members (excludes halogenated alkanes) is 29. The van der Waals surface area contributed by atoms with Crippen LogP contribution >= 0.6 is 7.82 Å². The molecule has 1 amide bonds. The molecule has 0 aromatic rings. The lowest BCUT2D eigenvalue weighted by molar-refractivity contribution is -0.870. The molecule has 0 aromatic heterocycles. The van der Waals surface area contributed by atoms with E-state index in [-0.39, 0.29) is 31.5 Å². The van der Waals surface area contributed by atoms with Gasteiger partial charge in [-0.3, -0.25) is 18.6 Å². The number of ether oxygens (including phenoxy) is 1. The maximum atomic E-state index is 13.5. The molecular formula is C61H114N2O7P+. The number of amides is 1. The van der Waals surface area contributed by atoms with Crippen molar-refractivity contribution in [1.82, 2.24) is 5.32 Å². The highest BCUT2D eigenvalue weighted by Crippen LogP contribution is 2.43. The number of esters is 1. The van der Waals surface area contributed by atoms with Gasteiger partial charge in [-0.2, -0.15) is 0 Å². The number of nitrogens with zero attached hydrogens (tertiary/aromatic N) is 1. The quantitative estimate of drug-likeness (QED) is 0.0205. The largest absolute Gasteiger partial charge is 0.472 e. The standard InChI is InChI=1S/C61H113N2O7P/c1-7-10-13-16-19-22-25-28-30-32-34-36-39-42-45-48-51-54-61(65)70-59(52-49-46-43-40-37-27-24-21-18-15-12-9-3)58(57-69-71(66,67)68-56-55-63(4,5)6)62-60(64)53-50-47-44-41-38-35-33-31-29-26-23-20-17-14-11-8-2/h19,22,28,30-31,33-34,36,49,52,58-59H,7-18,20-21,23-27,29,32,35,37-48,50-51,53-57H2,1-6H3,(H-,62,64,66,67)/p+1/b22-19-,30-28-,33-31+,36-34-,52-49+. The van der Waals surface area contributed by atoms with Crippen molar-refractivity contribution in [2.24, 2.45) is 0 Å². The predicted octanol–water partition coefficient (Wildman–Crippen LogP) is 17.9. The zero-order valence-electron chi connectivity index (χ0n) is 47.2. The molecule has 0 radical (unpaired) electrons. The fraction of sp³-hybridized carbons (Fsp3) is 0.803. The maximum Gasteiger partial charge on any atom is 0.472 e. The predicted molar refractivity (Wildman–Crippen MR) is 305 cm³/mol. The summed E-state index contributed by atoms with van der Waals surface area (Å²) in [5.41, 5.74) is 0. The molecule has 71 heavy (non-hydrogen) atoms. The first-order valence-electron chi connectivity index (χ1n) is 29.6. The summed E-state index contributed by atoms with van der Waals surface area (Å²) in [4.78, 5) is 37.6. The summed E-state index contributed by atoms with van der Waals surface area (Å²) in [6.07, 6.45) is 63.5. The molecule has 0 spiro atoms. The van der Waals surface area contributed by atoms with E-state index in [1.54, 1.807) is 0 Å². The number of hydrogen-bond acceptors (Lipinski definition) is 6. The van der Waals surface area contributed by atoms with E-state index in [0.717, 1.165) is 96.3 Å². The number of phosphoric acid groups is 1. The Morgan fingerprint density at radius 1 is 0.493 bits per heavy atom. The van der Waals surface area contributed by atoms with Crippen LogP contribution in [0.2, 0.25) is 0 Å². The van der Waals surface area contributed by atoms with Crippen molar-refractivity contribution in [1.29, 1.82) is 0 Å². The Morgan fingerprint density at radius 2 is 0.859 bits per heavy atom. The lowest BCUT2D eigenvalue weighted by atomic mass is 10.0. The highest BCUT2D eigenvalue weighted by atomic mass is 31.2. The minimum absolute atomic E-state index is 0.0337. The Morgan fingerprint density at radius 3 is 1.32 bits per heavy atom. The fourth-order valence-electron chi connectivity index (χ4n) is 8.29. The normalized spacial score (nSPS) is 14.2. The van der Waals surface area contributed by atoms with Gasteiger partial charge < -0.3 is 19.4 Å². The minimum atomic E-state index is -4.45. The van der Waals surface area contributed by atoms with Gasteiger partial charge in [0.2, 0.25) is 5.91 Å². The van der Waals surface area contributed by atoms with Crippen LogP contribution in [0.25, 0.3) is 0 Å². The Kier molecular flexibility index (Phi) is 49.6. The molecule has 0 heterocycles. The average molecular weight is 1020 g/mol. The molecule has 0 rings (SSSR count). The topological polar surface area (TPSA) is 111 Å². The second-order valence-electron chi connectivity index (χ2n) is 21.2. The number of phosphoric ester groups is 1. The number of allylic oxidation sites excluding steroid dienone is 9. The second-order valence-corrected chi connectivity index (χ2v) is 22.6. The number of carbonyl (C=O) groups excluding carboxylic acids is 2. The summed E-state index contributed by atoms with van der Waals surface area (Å²) >= 11 is 0. The first-order chi connectivity index (χ1) is 34.4. The van der Waals surface area contributed by atoms with E-state index in [2.05, 4.69) is 74.7 Å². The number of rotatable bonds is 53. The maximum absolute atomic E-state index is 13.5.